The Bertz CT molecular complexity index is 370. The van der Waals surface area contributed by atoms with Gasteiger partial charge in [-0.1, -0.05) is 5.16 Å². The molecule has 82 valence electrons. The molecule has 1 aromatic heterocycles. The molecule has 15 heavy (non-hydrogen) atoms. The third kappa shape index (κ3) is 2.34. The summed E-state index contributed by atoms with van der Waals surface area (Å²) in [7, 11) is 0. The molecule has 0 aliphatic carbocycles. The summed E-state index contributed by atoms with van der Waals surface area (Å²) in [6.07, 6.45) is 3.23. The third-order valence-electron chi connectivity index (χ3n) is 1.84. The summed E-state index contributed by atoms with van der Waals surface area (Å²) in [4.78, 5) is 15.3. The van der Waals surface area contributed by atoms with E-state index in [2.05, 4.69) is 10.1 Å². The molecule has 0 radical (unpaired) electrons. The van der Waals surface area contributed by atoms with Gasteiger partial charge in [0.15, 0.2) is 5.82 Å². The molecule has 0 amide bonds. The first-order chi connectivity index (χ1) is 7.24. The molecular weight excluding hydrogens is 198 g/mol. The minimum absolute atomic E-state index is 0.177. The molecule has 0 saturated carbocycles. The fourth-order valence-corrected chi connectivity index (χ4v) is 1.16. The molecular formula is C9H13N3O3. The van der Waals surface area contributed by atoms with Crippen molar-refractivity contribution < 1.29 is 14.7 Å². The van der Waals surface area contributed by atoms with E-state index in [1.54, 1.807) is 17.7 Å². The van der Waals surface area contributed by atoms with Gasteiger partial charge in [-0.2, -0.15) is 0 Å². The van der Waals surface area contributed by atoms with Gasteiger partial charge in [0.1, 0.15) is 0 Å². The Balaban J connectivity index is 2.98. The molecule has 0 aliphatic rings. The van der Waals surface area contributed by atoms with Crippen molar-refractivity contribution in [3.05, 3.63) is 18.2 Å². The molecule has 0 bridgehead atoms. The van der Waals surface area contributed by atoms with E-state index in [4.69, 9.17) is 9.94 Å². The number of imidazole rings is 1. The molecule has 0 fully saturated rings. The predicted octanol–water partition coefficient (Wildman–Crippen LogP) is 0.644. The highest BCUT2D eigenvalue weighted by Crippen LogP contribution is 2.01. The van der Waals surface area contributed by atoms with Gasteiger partial charge in [-0.05, 0) is 13.8 Å². The lowest BCUT2D eigenvalue weighted by Gasteiger charge is -2.05. The number of ether oxygens (including phenoxy) is 1. The molecule has 0 aliphatic heterocycles. The summed E-state index contributed by atoms with van der Waals surface area (Å²) in [5.74, 6) is -0.376. The minimum Gasteiger partial charge on any atom is -0.461 e. The van der Waals surface area contributed by atoms with Crippen LogP contribution in [0.3, 0.4) is 0 Å². The predicted molar refractivity (Wildman–Crippen MR) is 52.9 cm³/mol. The van der Waals surface area contributed by atoms with Crippen LogP contribution in [0, 0.1) is 0 Å². The van der Waals surface area contributed by atoms with Crippen LogP contribution in [0.5, 0.6) is 0 Å². The molecule has 1 rings (SSSR count). The van der Waals surface area contributed by atoms with Gasteiger partial charge >= 0.3 is 5.97 Å². The fraction of sp³-hybridized carbons (Fsp3) is 0.444. The summed E-state index contributed by atoms with van der Waals surface area (Å²) in [5, 5.41) is 11.7. The highest BCUT2D eigenvalue weighted by molar-refractivity contribution is 6.42. The number of nitrogens with zero attached hydrogens (tertiary/aromatic N) is 3. The number of carbonyl (C=O) groups excluding carboxylic acids is 1. The molecule has 0 atom stereocenters. The lowest BCUT2D eigenvalue weighted by molar-refractivity contribution is -0.135. The van der Waals surface area contributed by atoms with E-state index in [0.29, 0.717) is 12.4 Å². The molecule has 6 nitrogen and oxygen atoms in total. The second-order valence-electron chi connectivity index (χ2n) is 2.71. The van der Waals surface area contributed by atoms with E-state index in [-0.39, 0.29) is 12.3 Å². The Labute approximate surface area is 87.2 Å². The maximum Gasteiger partial charge on any atom is 0.364 e. The van der Waals surface area contributed by atoms with Gasteiger partial charge in [0.05, 0.1) is 6.61 Å². The first-order valence-electron chi connectivity index (χ1n) is 4.65. The summed E-state index contributed by atoms with van der Waals surface area (Å²) in [6, 6.07) is 0. The molecule has 1 N–H and O–H groups in total. The van der Waals surface area contributed by atoms with Crippen molar-refractivity contribution >= 4 is 11.7 Å². The maximum atomic E-state index is 11.4. The van der Waals surface area contributed by atoms with Crippen LogP contribution in [0.4, 0.5) is 0 Å². The monoisotopic (exact) mass is 211 g/mol. The van der Waals surface area contributed by atoms with E-state index in [0.717, 1.165) is 0 Å². The second-order valence-corrected chi connectivity index (χ2v) is 2.71. The first kappa shape index (κ1) is 11.2. The third-order valence-corrected chi connectivity index (χ3v) is 1.84. The Morgan fingerprint density at radius 1 is 1.67 bits per heavy atom. The number of carbonyl (C=O) groups is 1. The van der Waals surface area contributed by atoms with Crippen molar-refractivity contribution in [1.82, 2.24) is 9.55 Å². The molecule has 0 unspecified atom stereocenters. The van der Waals surface area contributed by atoms with Crippen LogP contribution >= 0.6 is 0 Å². The zero-order valence-corrected chi connectivity index (χ0v) is 8.67. The number of hydrogen-bond donors (Lipinski definition) is 1. The van der Waals surface area contributed by atoms with E-state index in [1.165, 1.54) is 6.20 Å². The average molecular weight is 211 g/mol. The van der Waals surface area contributed by atoms with Crippen LogP contribution in [-0.4, -0.2) is 33.0 Å². The Morgan fingerprint density at radius 2 is 2.40 bits per heavy atom. The lowest BCUT2D eigenvalue weighted by Crippen LogP contribution is -2.22. The second kappa shape index (κ2) is 5.14. The number of esters is 1. The van der Waals surface area contributed by atoms with E-state index in [9.17, 15) is 4.79 Å². The van der Waals surface area contributed by atoms with E-state index < -0.39 is 5.97 Å². The van der Waals surface area contributed by atoms with Crippen LogP contribution in [0.2, 0.25) is 0 Å². The Hall–Kier alpha value is -1.85. The van der Waals surface area contributed by atoms with Gasteiger partial charge in [0.25, 0.3) is 0 Å². The largest absolute Gasteiger partial charge is 0.461 e. The number of oxime groups is 1. The zero-order valence-electron chi connectivity index (χ0n) is 8.67. The van der Waals surface area contributed by atoms with Gasteiger partial charge in [0, 0.05) is 18.9 Å². The van der Waals surface area contributed by atoms with Crippen LogP contribution in [0.25, 0.3) is 0 Å². The smallest absolute Gasteiger partial charge is 0.364 e. The summed E-state index contributed by atoms with van der Waals surface area (Å²) >= 11 is 0. The highest BCUT2D eigenvalue weighted by Gasteiger charge is 2.20. The van der Waals surface area contributed by atoms with Crippen molar-refractivity contribution in [1.29, 1.82) is 0 Å². The minimum atomic E-state index is -0.680. The van der Waals surface area contributed by atoms with Gasteiger partial charge < -0.3 is 14.5 Å². The molecule has 1 heterocycles. The van der Waals surface area contributed by atoms with Gasteiger partial charge in [-0.15, -0.1) is 0 Å². The number of aryl methyl sites for hydroxylation is 1. The lowest BCUT2D eigenvalue weighted by atomic mass is 10.3. The Kier molecular flexibility index (Phi) is 3.84. The van der Waals surface area contributed by atoms with E-state index in [1.807, 2.05) is 6.92 Å². The van der Waals surface area contributed by atoms with Gasteiger partial charge in [-0.25, -0.2) is 9.78 Å². The zero-order chi connectivity index (χ0) is 11.3. The van der Waals surface area contributed by atoms with Crippen molar-refractivity contribution in [3.8, 4) is 0 Å². The number of rotatable bonds is 4. The molecule has 1 aromatic rings. The van der Waals surface area contributed by atoms with Crippen molar-refractivity contribution in [2.24, 2.45) is 5.16 Å². The molecule has 0 aromatic carbocycles. The SMILES string of the molecule is CCOC(=O)/C(=N\O)c1nccn1CC. The normalized spacial score (nSPS) is 11.5. The van der Waals surface area contributed by atoms with Crippen molar-refractivity contribution in [2.45, 2.75) is 20.4 Å². The summed E-state index contributed by atoms with van der Waals surface area (Å²) in [6.45, 7) is 4.43. The molecule has 0 spiro atoms. The maximum absolute atomic E-state index is 11.4. The highest BCUT2D eigenvalue weighted by atomic mass is 16.5. The summed E-state index contributed by atoms with van der Waals surface area (Å²) < 4.78 is 6.42. The van der Waals surface area contributed by atoms with Crippen LogP contribution in [0.15, 0.2) is 17.5 Å². The van der Waals surface area contributed by atoms with Gasteiger partial charge in [-0.3, -0.25) is 0 Å². The quantitative estimate of drug-likeness (QED) is 0.343. The van der Waals surface area contributed by atoms with Gasteiger partial charge in [0.2, 0.25) is 5.71 Å². The standard InChI is InChI=1S/C9H13N3O3/c1-3-12-6-5-10-8(12)7(11-14)9(13)15-4-2/h5-6,14H,3-4H2,1-2H3/b11-7-. The fourth-order valence-electron chi connectivity index (χ4n) is 1.16. The Morgan fingerprint density at radius 3 is 2.93 bits per heavy atom. The van der Waals surface area contributed by atoms with Crippen LogP contribution < -0.4 is 0 Å². The van der Waals surface area contributed by atoms with E-state index >= 15 is 0 Å². The topological polar surface area (TPSA) is 76.7 Å². The van der Waals surface area contributed by atoms with Crippen LogP contribution in [-0.2, 0) is 16.1 Å². The molecule has 0 saturated heterocycles. The van der Waals surface area contributed by atoms with Crippen molar-refractivity contribution in [2.75, 3.05) is 6.61 Å². The summed E-state index contributed by atoms with van der Waals surface area (Å²) in [5.41, 5.74) is -0.177. The average Bonchev–Trinajstić information content (AvgIpc) is 2.67. The number of hydrogen-bond acceptors (Lipinski definition) is 5. The first-order valence-corrected chi connectivity index (χ1v) is 4.65. The van der Waals surface area contributed by atoms with Crippen molar-refractivity contribution in [3.63, 3.8) is 0 Å². The van der Waals surface area contributed by atoms with Crippen LogP contribution in [0.1, 0.15) is 19.7 Å². The number of aromatic nitrogens is 2. The molecule has 6 heteroatoms.